The van der Waals surface area contributed by atoms with Crippen LogP contribution >= 0.6 is 23.7 Å². The van der Waals surface area contributed by atoms with E-state index in [9.17, 15) is 9.59 Å². The fourth-order valence-electron chi connectivity index (χ4n) is 5.83. The summed E-state index contributed by atoms with van der Waals surface area (Å²) in [6.07, 6.45) is 4.40. The van der Waals surface area contributed by atoms with Gasteiger partial charge in [0, 0.05) is 36.6 Å². The SMILES string of the molecule is CC[C@@H]1[C@H](C(=O)N2CCC3(CC2)OCCc2ccsc23)C[C@@H]2CNCC(=O)N21.Cl. The van der Waals surface area contributed by atoms with Crippen molar-refractivity contribution >= 4 is 35.6 Å². The van der Waals surface area contributed by atoms with Crippen molar-refractivity contribution in [3.05, 3.63) is 21.9 Å². The Morgan fingerprint density at radius 1 is 1.38 bits per heavy atom. The number of amides is 2. The first-order valence-corrected chi connectivity index (χ1v) is 11.5. The van der Waals surface area contributed by atoms with Crippen molar-refractivity contribution in [3.63, 3.8) is 0 Å². The third kappa shape index (κ3) is 3.40. The van der Waals surface area contributed by atoms with E-state index in [0.717, 1.165) is 58.3 Å². The van der Waals surface area contributed by atoms with E-state index in [1.165, 1.54) is 10.4 Å². The zero-order valence-corrected chi connectivity index (χ0v) is 18.5. The maximum Gasteiger partial charge on any atom is 0.237 e. The van der Waals surface area contributed by atoms with Crippen LogP contribution in [0.15, 0.2) is 11.4 Å². The van der Waals surface area contributed by atoms with Crippen LogP contribution in [0, 0.1) is 5.92 Å². The average Bonchev–Trinajstić information content (AvgIpc) is 3.34. The molecule has 3 saturated heterocycles. The Bertz CT molecular complexity index is 777. The molecule has 5 heterocycles. The van der Waals surface area contributed by atoms with Gasteiger partial charge in [-0.15, -0.1) is 23.7 Å². The highest BCUT2D eigenvalue weighted by molar-refractivity contribution is 7.10. The van der Waals surface area contributed by atoms with Crippen molar-refractivity contribution in [1.29, 1.82) is 0 Å². The molecule has 1 spiro atoms. The second kappa shape index (κ2) is 8.17. The number of hydrogen-bond acceptors (Lipinski definition) is 5. The second-order valence-corrected chi connectivity index (χ2v) is 9.51. The number of hydrogen-bond donors (Lipinski definition) is 1. The zero-order chi connectivity index (χ0) is 19.3. The minimum atomic E-state index is -0.185. The Balaban J connectivity index is 0.00000205. The summed E-state index contributed by atoms with van der Waals surface area (Å²) >= 11 is 1.80. The van der Waals surface area contributed by atoms with E-state index in [2.05, 4.69) is 23.7 Å². The van der Waals surface area contributed by atoms with Crippen LogP contribution in [-0.2, 0) is 26.3 Å². The average molecular weight is 440 g/mol. The van der Waals surface area contributed by atoms with Crippen LogP contribution in [0.25, 0.3) is 0 Å². The maximum absolute atomic E-state index is 13.4. The summed E-state index contributed by atoms with van der Waals surface area (Å²) in [6, 6.07) is 2.46. The number of nitrogens with one attached hydrogen (secondary N) is 1. The number of likely N-dealkylation sites (tertiary alicyclic amines) is 1. The topological polar surface area (TPSA) is 61.9 Å². The van der Waals surface area contributed by atoms with E-state index in [4.69, 9.17) is 4.74 Å². The lowest BCUT2D eigenvalue weighted by molar-refractivity contribution is -0.145. The van der Waals surface area contributed by atoms with Gasteiger partial charge in [-0.05, 0) is 49.1 Å². The first-order valence-electron chi connectivity index (χ1n) is 10.6. The Morgan fingerprint density at radius 3 is 2.93 bits per heavy atom. The first kappa shape index (κ1) is 21.1. The van der Waals surface area contributed by atoms with Gasteiger partial charge < -0.3 is 19.9 Å². The number of nitrogens with zero attached hydrogens (tertiary/aromatic N) is 2. The summed E-state index contributed by atoms with van der Waals surface area (Å²) in [6.45, 7) is 5.59. The number of ether oxygens (including phenoxy) is 1. The molecule has 3 atom stereocenters. The minimum Gasteiger partial charge on any atom is -0.369 e. The van der Waals surface area contributed by atoms with Crippen molar-refractivity contribution in [1.82, 2.24) is 15.1 Å². The maximum atomic E-state index is 13.4. The van der Waals surface area contributed by atoms with E-state index in [1.807, 2.05) is 9.80 Å². The molecule has 1 N–H and O–H groups in total. The molecule has 0 bridgehead atoms. The van der Waals surface area contributed by atoms with Gasteiger partial charge in [0.25, 0.3) is 0 Å². The van der Waals surface area contributed by atoms with E-state index in [0.29, 0.717) is 6.54 Å². The van der Waals surface area contributed by atoms with Gasteiger partial charge in [0.2, 0.25) is 11.8 Å². The number of halogens is 1. The van der Waals surface area contributed by atoms with Crippen molar-refractivity contribution in [2.45, 2.75) is 56.7 Å². The van der Waals surface area contributed by atoms with Crippen LogP contribution in [0.5, 0.6) is 0 Å². The Kier molecular flexibility index (Phi) is 5.95. The Morgan fingerprint density at radius 2 is 2.17 bits per heavy atom. The molecule has 29 heavy (non-hydrogen) atoms. The molecule has 5 rings (SSSR count). The van der Waals surface area contributed by atoms with Gasteiger partial charge in [-0.3, -0.25) is 9.59 Å². The minimum absolute atomic E-state index is 0. The number of thiophene rings is 1. The number of piperidine rings is 1. The van der Waals surface area contributed by atoms with Gasteiger partial charge in [-0.1, -0.05) is 6.92 Å². The fourth-order valence-corrected chi connectivity index (χ4v) is 7.00. The largest absolute Gasteiger partial charge is 0.369 e. The molecule has 160 valence electrons. The molecule has 6 nitrogen and oxygen atoms in total. The summed E-state index contributed by atoms with van der Waals surface area (Å²) in [5, 5.41) is 5.37. The van der Waals surface area contributed by atoms with Crippen LogP contribution in [0.2, 0.25) is 0 Å². The number of carbonyl (C=O) groups is 2. The molecule has 0 aromatic carbocycles. The smallest absolute Gasteiger partial charge is 0.237 e. The van der Waals surface area contributed by atoms with Gasteiger partial charge >= 0.3 is 0 Å². The van der Waals surface area contributed by atoms with Crippen molar-refractivity contribution < 1.29 is 14.3 Å². The molecule has 4 aliphatic heterocycles. The van der Waals surface area contributed by atoms with Gasteiger partial charge in [0.05, 0.1) is 19.1 Å². The van der Waals surface area contributed by atoms with Crippen molar-refractivity contribution in [3.8, 4) is 0 Å². The highest BCUT2D eigenvalue weighted by Crippen LogP contribution is 2.45. The predicted molar refractivity (Wildman–Crippen MR) is 114 cm³/mol. The van der Waals surface area contributed by atoms with Crippen molar-refractivity contribution in [2.24, 2.45) is 5.92 Å². The molecule has 1 aromatic heterocycles. The molecular weight excluding hydrogens is 410 g/mol. The molecular formula is C21H30ClN3O3S. The predicted octanol–water partition coefficient (Wildman–Crippen LogP) is 2.16. The quantitative estimate of drug-likeness (QED) is 0.767. The number of rotatable bonds is 2. The summed E-state index contributed by atoms with van der Waals surface area (Å²) < 4.78 is 6.29. The molecule has 4 aliphatic rings. The van der Waals surface area contributed by atoms with E-state index in [1.54, 1.807) is 11.3 Å². The Labute approximate surface area is 182 Å². The van der Waals surface area contributed by atoms with Gasteiger partial charge in [-0.25, -0.2) is 0 Å². The van der Waals surface area contributed by atoms with E-state index < -0.39 is 0 Å². The number of fused-ring (bicyclic) bond motifs is 3. The van der Waals surface area contributed by atoms with Crippen LogP contribution in [0.3, 0.4) is 0 Å². The molecule has 0 saturated carbocycles. The van der Waals surface area contributed by atoms with Crippen LogP contribution in [0.1, 0.15) is 43.0 Å². The van der Waals surface area contributed by atoms with Crippen LogP contribution in [-0.4, -0.2) is 66.5 Å². The first-order chi connectivity index (χ1) is 13.6. The molecule has 1 aromatic rings. The second-order valence-electron chi connectivity index (χ2n) is 8.60. The number of piperazine rings is 1. The van der Waals surface area contributed by atoms with Crippen LogP contribution in [0.4, 0.5) is 0 Å². The zero-order valence-electron chi connectivity index (χ0n) is 16.9. The molecule has 0 unspecified atom stereocenters. The van der Waals surface area contributed by atoms with Gasteiger partial charge in [0.15, 0.2) is 0 Å². The summed E-state index contributed by atoms with van der Waals surface area (Å²) in [4.78, 5) is 31.3. The van der Waals surface area contributed by atoms with Crippen molar-refractivity contribution in [2.75, 3.05) is 32.8 Å². The standard InChI is InChI=1S/C21H29N3O3S.ClH/c1-2-17-16(11-15-12-22-13-18(25)24(15)17)20(26)23-7-5-21(6-8-23)19-14(3-9-27-21)4-10-28-19;/h4,10,15-17,22H,2-3,5-9,11-13H2,1H3;1H/t15-,16-,17-;/m1./s1. The third-order valence-electron chi connectivity index (χ3n) is 7.21. The monoisotopic (exact) mass is 439 g/mol. The van der Waals surface area contributed by atoms with Crippen LogP contribution < -0.4 is 5.32 Å². The normalized spacial score (nSPS) is 30.7. The Hall–Kier alpha value is -1.15. The summed E-state index contributed by atoms with van der Waals surface area (Å²) in [7, 11) is 0. The lowest BCUT2D eigenvalue weighted by atomic mass is 9.84. The molecule has 0 radical (unpaired) electrons. The fraction of sp³-hybridized carbons (Fsp3) is 0.714. The molecule has 0 aliphatic carbocycles. The third-order valence-corrected chi connectivity index (χ3v) is 8.36. The molecule has 3 fully saturated rings. The summed E-state index contributed by atoms with van der Waals surface area (Å²) in [5.41, 5.74) is 1.25. The molecule has 2 amide bonds. The highest BCUT2D eigenvalue weighted by Gasteiger charge is 2.49. The lowest BCUT2D eigenvalue weighted by Crippen LogP contribution is -2.55. The van der Waals surface area contributed by atoms with E-state index in [-0.39, 0.29) is 47.8 Å². The van der Waals surface area contributed by atoms with Gasteiger partial charge in [0.1, 0.15) is 5.60 Å². The van der Waals surface area contributed by atoms with Gasteiger partial charge in [-0.2, -0.15) is 0 Å². The highest BCUT2D eigenvalue weighted by atomic mass is 35.5. The lowest BCUT2D eigenvalue weighted by Gasteiger charge is -2.44. The molecule has 8 heteroatoms. The number of carbonyl (C=O) groups excluding carboxylic acids is 2. The summed E-state index contributed by atoms with van der Waals surface area (Å²) in [5.74, 6) is 0.334. The van der Waals surface area contributed by atoms with E-state index >= 15 is 0 Å².